The van der Waals surface area contributed by atoms with Crippen molar-refractivity contribution in [1.29, 1.82) is 0 Å². The highest BCUT2D eigenvalue weighted by Crippen LogP contribution is 2.21. The number of benzene rings is 1. The normalized spacial score (nSPS) is 14.9. The summed E-state index contributed by atoms with van der Waals surface area (Å²) in [6.45, 7) is 1.90. The number of aromatic nitrogens is 1. The molecule has 0 fully saturated rings. The number of para-hydroxylation sites is 1. The molecule has 0 amide bonds. The predicted octanol–water partition coefficient (Wildman–Crippen LogP) is 1.89. The number of H-pyrrole nitrogens is 1. The summed E-state index contributed by atoms with van der Waals surface area (Å²) < 4.78 is 0. The van der Waals surface area contributed by atoms with Gasteiger partial charge >= 0.3 is 0 Å². The summed E-state index contributed by atoms with van der Waals surface area (Å²) in [4.78, 5) is 14.3. The number of hydrogen-bond acceptors (Lipinski definition) is 2. The van der Waals surface area contributed by atoms with E-state index in [4.69, 9.17) is 0 Å². The van der Waals surface area contributed by atoms with Crippen LogP contribution in [0.4, 0.5) is 0 Å². The average Bonchev–Trinajstić information content (AvgIpc) is 2.73. The Morgan fingerprint density at radius 3 is 2.88 bits per heavy atom. The highest BCUT2D eigenvalue weighted by molar-refractivity contribution is 5.83. The van der Waals surface area contributed by atoms with Crippen LogP contribution in [-0.4, -0.2) is 23.9 Å². The van der Waals surface area contributed by atoms with Gasteiger partial charge in [-0.1, -0.05) is 18.2 Å². The number of carbonyl (C=O) groups excluding carboxylic acids is 1. The maximum atomic E-state index is 11.0. The van der Waals surface area contributed by atoms with Crippen LogP contribution in [-0.2, 0) is 11.2 Å². The smallest absolute Gasteiger partial charge is 0.140 e. The molecule has 3 nitrogen and oxygen atoms in total. The van der Waals surface area contributed by atoms with Crippen LogP contribution >= 0.6 is 0 Å². The zero-order chi connectivity index (χ0) is 11.6. The molecule has 1 aromatic heterocycles. The van der Waals surface area contributed by atoms with E-state index in [0.717, 1.165) is 11.8 Å². The van der Waals surface area contributed by atoms with Gasteiger partial charge in [-0.3, -0.25) is 0 Å². The predicted molar refractivity (Wildman–Crippen MR) is 65.5 cm³/mol. The molecule has 0 aliphatic rings. The minimum Gasteiger partial charge on any atom is -0.361 e. The first kappa shape index (κ1) is 10.9. The summed E-state index contributed by atoms with van der Waals surface area (Å²) in [6, 6.07) is 8.12. The third-order valence-corrected chi connectivity index (χ3v) is 3.06. The van der Waals surface area contributed by atoms with E-state index in [9.17, 15) is 4.79 Å². The van der Waals surface area contributed by atoms with E-state index in [1.807, 2.05) is 38.4 Å². The van der Waals surface area contributed by atoms with Gasteiger partial charge in [0.2, 0.25) is 0 Å². The number of nitrogens with one attached hydrogen (secondary N) is 2. The molecular formula is C13H16N2O. The second-order valence-electron chi connectivity index (χ2n) is 4.32. The van der Waals surface area contributed by atoms with Crippen LogP contribution in [0.25, 0.3) is 10.9 Å². The Bertz CT molecular complexity index is 503. The molecule has 16 heavy (non-hydrogen) atoms. The molecule has 0 aliphatic carbocycles. The van der Waals surface area contributed by atoms with Gasteiger partial charge in [-0.2, -0.15) is 0 Å². The average molecular weight is 216 g/mol. The van der Waals surface area contributed by atoms with E-state index in [-0.39, 0.29) is 0 Å². The monoisotopic (exact) mass is 216 g/mol. The van der Waals surface area contributed by atoms with Crippen LogP contribution in [0.3, 0.4) is 0 Å². The van der Waals surface area contributed by atoms with E-state index in [2.05, 4.69) is 16.4 Å². The third kappa shape index (κ3) is 1.86. The first-order valence-electron chi connectivity index (χ1n) is 5.39. The van der Waals surface area contributed by atoms with Gasteiger partial charge in [-0.05, 0) is 32.0 Å². The number of fused-ring (bicyclic) bond motifs is 1. The molecule has 2 aromatic rings. The second kappa shape index (κ2) is 4.10. The van der Waals surface area contributed by atoms with Crippen molar-refractivity contribution in [2.75, 3.05) is 7.05 Å². The van der Waals surface area contributed by atoms with Crippen LogP contribution in [0.15, 0.2) is 30.5 Å². The van der Waals surface area contributed by atoms with Crippen LogP contribution in [0, 0.1) is 0 Å². The Morgan fingerprint density at radius 1 is 1.44 bits per heavy atom. The van der Waals surface area contributed by atoms with Gasteiger partial charge in [0.1, 0.15) is 6.29 Å². The van der Waals surface area contributed by atoms with Gasteiger partial charge in [0.25, 0.3) is 0 Å². The fourth-order valence-electron chi connectivity index (χ4n) is 1.86. The SMILES string of the molecule is CNC(C)(C=O)Cc1c[nH]c2ccccc12. The molecule has 1 atom stereocenters. The molecule has 1 unspecified atom stereocenters. The van der Waals surface area contributed by atoms with E-state index in [1.165, 1.54) is 10.9 Å². The molecule has 0 saturated carbocycles. The highest BCUT2D eigenvalue weighted by atomic mass is 16.1. The molecule has 2 rings (SSSR count). The third-order valence-electron chi connectivity index (χ3n) is 3.06. The Labute approximate surface area is 94.9 Å². The molecular weight excluding hydrogens is 200 g/mol. The largest absolute Gasteiger partial charge is 0.361 e. The Kier molecular flexibility index (Phi) is 2.79. The van der Waals surface area contributed by atoms with Crippen molar-refractivity contribution in [3.05, 3.63) is 36.0 Å². The zero-order valence-corrected chi connectivity index (χ0v) is 9.58. The molecule has 1 heterocycles. The summed E-state index contributed by atoms with van der Waals surface area (Å²) in [5.41, 5.74) is 1.78. The maximum Gasteiger partial charge on any atom is 0.140 e. The van der Waals surface area contributed by atoms with Crippen molar-refractivity contribution in [3.8, 4) is 0 Å². The number of hydrogen-bond donors (Lipinski definition) is 2. The van der Waals surface area contributed by atoms with Crippen molar-refractivity contribution in [2.24, 2.45) is 0 Å². The minimum atomic E-state index is -0.495. The molecule has 1 aromatic carbocycles. The summed E-state index contributed by atoms with van der Waals surface area (Å²) in [7, 11) is 1.81. The molecule has 3 heteroatoms. The standard InChI is InChI=1S/C13H16N2O/c1-13(9-16,14-2)7-10-8-15-12-6-4-3-5-11(10)12/h3-6,8-9,14-15H,7H2,1-2H3. The highest BCUT2D eigenvalue weighted by Gasteiger charge is 2.22. The van der Waals surface area contributed by atoms with Crippen LogP contribution in [0.5, 0.6) is 0 Å². The van der Waals surface area contributed by atoms with Crippen LogP contribution < -0.4 is 5.32 Å². The first-order valence-corrected chi connectivity index (χ1v) is 5.39. The maximum absolute atomic E-state index is 11.0. The first-order chi connectivity index (χ1) is 7.68. The lowest BCUT2D eigenvalue weighted by atomic mass is 9.94. The molecule has 2 N–H and O–H groups in total. The molecule has 0 bridgehead atoms. The minimum absolute atomic E-state index is 0.495. The summed E-state index contributed by atoms with van der Waals surface area (Å²) >= 11 is 0. The lowest BCUT2D eigenvalue weighted by Gasteiger charge is -2.21. The number of likely N-dealkylation sites (N-methyl/N-ethyl adjacent to an activating group) is 1. The molecule has 84 valence electrons. The second-order valence-corrected chi connectivity index (χ2v) is 4.32. The fourth-order valence-corrected chi connectivity index (χ4v) is 1.86. The lowest BCUT2D eigenvalue weighted by molar-refractivity contribution is -0.112. The van der Waals surface area contributed by atoms with Crippen molar-refractivity contribution in [3.63, 3.8) is 0 Å². The van der Waals surface area contributed by atoms with Gasteiger partial charge < -0.3 is 15.1 Å². The van der Waals surface area contributed by atoms with Crippen LogP contribution in [0.2, 0.25) is 0 Å². The van der Waals surface area contributed by atoms with Crippen molar-refractivity contribution >= 4 is 17.2 Å². The molecule has 0 saturated heterocycles. The topological polar surface area (TPSA) is 44.9 Å². The van der Waals surface area contributed by atoms with E-state index < -0.39 is 5.54 Å². The van der Waals surface area contributed by atoms with Gasteiger partial charge in [-0.15, -0.1) is 0 Å². The van der Waals surface area contributed by atoms with Crippen LogP contribution in [0.1, 0.15) is 12.5 Å². The Morgan fingerprint density at radius 2 is 2.19 bits per heavy atom. The summed E-state index contributed by atoms with van der Waals surface area (Å²) in [5.74, 6) is 0. The molecule has 0 radical (unpaired) electrons. The Hall–Kier alpha value is -1.61. The quantitative estimate of drug-likeness (QED) is 0.766. The number of aldehydes is 1. The van der Waals surface area contributed by atoms with Gasteiger partial charge in [0.05, 0.1) is 5.54 Å². The van der Waals surface area contributed by atoms with Crippen molar-refractivity contribution < 1.29 is 4.79 Å². The van der Waals surface area contributed by atoms with Gasteiger partial charge in [-0.25, -0.2) is 0 Å². The van der Waals surface area contributed by atoms with Crippen molar-refractivity contribution in [1.82, 2.24) is 10.3 Å². The molecule has 0 spiro atoms. The fraction of sp³-hybridized carbons (Fsp3) is 0.308. The number of aromatic amines is 1. The van der Waals surface area contributed by atoms with E-state index in [1.54, 1.807) is 0 Å². The number of rotatable bonds is 4. The van der Waals surface area contributed by atoms with Crippen molar-refractivity contribution in [2.45, 2.75) is 18.9 Å². The zero-order valence-electron chi connectivity index (χ0n) is 9.58. The summed E-state index contributed by atoms with van der Waals surface area (Å²) in [5, 5.41) is 4.24. The Balaban J connectivity index is 2.38. The van der Waals surface area contributed by atoms with Gasteiger partial charge in [0, 0.05) is 17.1 Å². The molecule has 0 aliphatic heterocycles. The van der Waals surface area contributed by atoms with Gasteiger partial charge in [0.15, 0.2) is 0 Å². The summed E-state index contributed by atoms with van der Waals surface area (Å²) in [6.07, 6.45) is 3.63. The van der Waals surface area contributed by atoms with E-state index >= 15 is 0 Å². The van der Waals surface area contributed by atoms with E-state index in [0.29, 0.717) is 6.42 Å². The lowest BCUT2D eigenvalue weighted by Crippen LogP contribution is -2.43. The number of carbonyl (C=O) groups is 1.